The first-order valence-electron chi connectivity index (χ1n) is 9.66. The minimum atomic E-state index is -3.79. The molecule has 3 rings (SSSR count). The van der Waals surface area contributed by atoms with E-state index in [2.05, 4.69) is 10.2 Å². The van der Waals surface area contributed by atoms with Crippen molar-refractivity contribution in [2.24, 2.45) is 0 Å². The van der Waals surface area contributed by atoms with Gasteiger partial charge < -0.3 is 15.0 Å². The van der Waals surface area contributed by atoms with Gasteiger partial charge in [0.15, 0.2) is 0 Å². The first-order valence-corrected chi connectivity index (χ1v) is 11.5. The number of carbonyl (C=O) groups is 1. The zero-order valence-electron chi connectivity index (χ0n) is 17.3. The van der Waals surface area contributed by atoms with Gasteiger partial charge in [-0.25, -0.2) is 8.42 Å². The van der Waals surface area contributed by atoms with Crippen LogP contribution < -0.4 is 10.1 Å². The number of rotatable bonds is 6. The van der Waals surface area contributed by atoms with E-state index in [1.807, 2.05) is 38.2 Å². The number of amides is 1. The van der Waals surface area contributed by atoms with E-state index in [0.717, 1.165) is 5.56 Å². The van der Waals surface area contributed by atoms with Crippen LogP contribution in [-0.2, 0) is 10.0 Å². The minimum absolute atomic E-state index is 0.0497. The molecule has 2 aromatic carbocycles. The number of para-hydroxylation sites is 1. The van der Waals surface area contributed by atoms with Crippen LogP contribution in [0.25, 0.3) is 0 Å². The van der Waals surface area contributed by atoms with E-state index < -0.39 is 10.0 Å². The highest BCUT2D eigenvalue weighted by Crippen LogP contribution is 2.28. The zero-order valence-corrected chi connectivity index (χ0v) is 18.8. The lowest BCUT2D eigenvalue weighted by molar-refractivity contribution is 0.0939. The van der Waals surface area contributed by atoms with Gasteiger partial charge in [-0.15, -0.1) is 0 Å². The van der Waals surface area contributed by atoms with Crippen molar-refractivity contribution in [3.63, 3.8) is 0 Å². The summed E-state index contributed by atoms with van der Waals surface area (Å²) in [6, 6.07) is 11.4. The topological polar surface area (TPSA) is 78.9 Å². The van der Waals surface area contributed by atoms with Crippen LogP contribution in [0.5, 0.6) is 5.75 Å². The van der Waals surface area contributed by atoms with Crippen LogP contribution in [0.4, 0.5) is 0 Å². The van der Waals surface area contributed by atoms with E-state index in [0.29, 0.717) is 31.9 Å². The highest BCUT2D eigenvalue weighted by molar-refractivity contribution is 7.89. The number of likely N-dealkylation sites (N-methyl/N-ethyl adjacent to an activating group) is 1. The zero-order chi connectivity index (χ0) is 21.9. The normalized spacial score (nSPS) is 16.8. The van der Waals surface area contributed by atoms with Crippen molar-refractivity contribution in [2.45, 2.75) is 17.9 Å². The van der Waals surface area contributed by atoms with Crippen molar-refractivity contribution in [2.75, 3.05) is 40.3 Å². The number of ether oxygens (including phenoxy) is 1. The summed E-state index contributed by atoms with van der Waals surface area (Å²) >= 11 is 6.21. The quantitative estimate of drug-likeness (QED) is 0.730. The van der Waals surface area contributed by atoms with Crippen LogP contribution in [0, 0.1) is 0 Å². The van der Waals surface area contributed by atoms with E-state index in [1.54, 1.807) is 7.11 Å². The Morgan fingerprint density at radius 1 is 1.13 bits per heavy atom. The molecule has 0 bridgehead atoms. The number of nitrogens with zero attached hydrogens (tertiary/aromatic N) is 2. The van der Waals surface area contributed by atoms with Crippen molar-refractivity contribution >= 4 is 27.5 Å². The molecular weight excluding hydrogens is 426 g/mol. The second kappa shape index (κ2) is 9.34. The summed E-state index contributed by atoms with van der Waals surface area (Å²) in [5.74, 6) is 0.277. The van der Waals surface area contributed by atoms with E-state index >= 15 is 0 Å². The molecule has 1 aliphatic rings. The van der Waals surface area contributed by atoms with Gasteiger partial charge >= 0.3 is 0 Å². The maximum Gasteiger partial charge on any atom is 0.251 e. The van der Waals surface area contributed by atoms with Gasteiger partial charge in [0, 0.05) is 37.3 Å². The van der Waals surface area contributed by atoms with Crippen LogP contribution in [0.15, 0.2) is 47.4 Å². The third-order valence-electron chi connectivity index (χ3n) is 5.23. The highest BCUT2D eigenvalue weighted by Gasteiger charge is 2.30. The molecule has 1 saturated heterocycles. The fourth-order valence-corrected chi connectivity index (χ4v) is 5.31. The van der Waals surface area contributed by atoms with Gasteiger partial charge in [-0.2, -0.15) is 4.31 Å². The maximum absolute atomic E-state index is 13.1. The third-order valence-corrected chi connectivity index (χ3v) is 7.61. The predicted octanol–water partition coefficient (Wildman–Crippen LogP) is 2.78. The molecule has 0 radical (unpaired) electrons. The first kappa shape index (κ1) is 22.6. The number of methoxy groups -OCH3 is 1. The summed E-state index contributed by atoms with van der Waals surface area (Å²) in [6.07, 6.45) is 0. The number of hydrogen-bond donors (Lipinski definition) is 1. The van der Waals surface area contributed by atoms with Gasteiger partial charge in [0.2, 0.25) is 10.0 Å². The second-order valence-electron chi connectivity index (χ2n) is 7.29. The van der Waals surface area contributed by atoms with Gasteiger partial charge in [0.25, 0.3) is 5.91 Å². The predicted molar refractivity (Wildman–Crippen MR) is 117 cm³/mol. The Morgan fingerprint density at radius 2 is 1.80 bits per heavy atom. The van der Waals surface area contributed by atoms with Crippen LogP contribution in [0.3, 0.4) is 0 Å². The summed E-state index contributed by atoms with van der Waals surface area (Å²) in [7, 11) is -0.268. The maximum atomic E-state index is 13.1. The van der Waals surface area contributed by atoms with Gasteiger partial charge in [-0.1, -0.05) is 29.8 Å². The lowest BCUT2D eigenvalue weighted by Gasteiger charge is -2.31. The Bertz CT molecular complexity index is 1020. The van der Waals surface area contributed by atoms with E-state index in [4.69, 9.17) is 16.3 Å². The molecule has 1 aliphatic heterocycles. The number of benzene rings is 2. The lowest BCUT2D eigenvalue weighted by atomic mass is 10.1. The molecule has 30 heavy (non-hydrogen) atoms. The number of nitrogens with one attached hydrogen (secondary N) is 1. The first-order chi connectivity index (χ1) is 14.2. The summed E-state index contributed by atoms with van der Waals surface area (Å²) in [5.41, 5.74) is 1.06. The van der Waals surface area contributed by atoms with Crippen molar-refractivity contribution in [1.82, 2.24) is 14.5 Å². The van der Waals surface area contributed by atoms with Gasteiger partial charge in [0.05, 0.1) is 18.2 Å². The molecule has 1 fully saturated rings. The number of carbonyl (C=O) groups excluding carboxylic acids is 1. The Morgan fingerprint density at radius 3 is 2.47 bits per heavy atom. The van der Waals surface area contributed by atoms with E-state index in [1.165, 1.54) is 22.5 Å². The van der Waals surface area contributed by atoms with Crippen LogP contribution in [0.1, 0.15) is 28.9 Å². The molecule has 0 aromatic heterocycles. The van der Waals surface area contributed by atoms with Gasteiger partial charge in [0.1, 0.15) is 10.6 Å². The van der Waals surface area contributed by atoms with Crippen molar-refractivity contribution in [3.05, 3.63) is 58.6 Å². The average Bonchev–Trinajstić information content (AvgIpc) is 2.74. The summed E-state index contributed by atoms with van der Waals surface area (Å²) in [4.78, 5) is 14.8. The van der Waals surface area contributed by atoms with Crippen LogP contribution >= 0.6 is 11.6 Å². The molecular formula is C21H26ClN3O4S. The van der Waals surface area contributed by atoms with Crippen molar-refractivity contribution < 1.29 is 17.9 Å². The molecule has 7 nitrogen and oxygen atoms in total. The number of halogens is 1. The van der Waals surface area contributed by atoms with E-state index in [9.17, 15) is 13.2 Å². The Labute approximate surface area is 182 Å². The molecule has 0 aliphatic carbocycles. The molecule has 1 heterocycles. The Balaban J connectivity index is 1.83. The molecule has 1 unspecified atom stereocenters. The molecule has 9 heteroatoms. The molecule has 1 N–H and O–H groups in total. The second-order valence-corrected chi connectivity index (χ2v) is 9.60. The van der Waals surface area contributed by atoms with Crippen molar-refractivity contribution in [3.8, 4) is 5.75 Å². The number of piperazine rings is 1. The third kappa shape index (κ3) is 4.78. The Hall–Kier alpha value is -2.13. The minimum Gasteiger partial charge on any atom is -0.496 e. The fourth-order valence-electron chi connectivity index (χ4n) is 3.39. The summed E-state index contributed by atoms with van der Waals surface area (Å²) in [5, 5.41) is 2.99. The largest absolute Gasteiger partial charge is 0.496 e. The molecule has 0 spiro atoms. The summed E-state index contributed by atoms with van der Waals surface area (Å²) in [6.45, 7) is 3.90. The number of sulfonamides is 1. The summed E-state index contributed by atoms with van der Waals surface area (Å²) < 4.78 is 32.9. The Kier molecular flexibility index (Phi) is 7.02. The van der Waals surface area contributed by atoms with Crippen LogP contribution in [0.2, 0.25) is 5.02 Å². The molecule has 1 atom stereocenters. The molecule has 1 amide bonds. The smallest absolute Gasteiger partial charge is 0.251 e. The highest BCUT2D eigenvalue weighted by atomic mass is 35.5. The average molecular weight is 452 g/mol. The fraction of sp³-hybridized carbons (Fsp3) is 0.381. The number of hydrogen-bond acceptors (Lipinski definition) is 5. The molecule has 2 aromatic rings. The van der Waals surface area contributed by atoms with Gasteiger partial charge in [-0.05, 0) is 38.2 Å². The van der Waals surface area contributed by atoms with Crippen molar-refractivity contribution in [1.29, 1.82) is 0 Å². The standard InChI is InChI=1S/C21H26ClN3O4S/c1-15(17-6-4-5-7-19(17)29-3)23-21(26)16-8-9-18(22)20(14-16)30(27,28)25-12-10-24(2)11-13-25/h4-9,14-15H,10-13H2,1-3H3,(H,23,26). The lowest BCUT2D eigenvalue weighted by Crippen LogP contribution is -2.47. The van der Waals surface area contributed by atoms with E-state index in [-0.39, 0.29) is 27.4 Å². The van der Waals surface area contributed by atoms with Crippen LogP contribution in [-0.4, -0.2) is 63.9 Å². The molecule has 0 saturated carbocycles. The van der Waals surface area contributed by atoms with Gasteiger partial charge in [-0.3, -0.25) is 4.79 Å². The monoisotopic (exact) mass is 451 g/mol. The molecule has 162 valence electrons. The SMILES string of the molecule is COc1ccccc1C(C)NC(=O)c1ccc(Cl)c(S(=O)(=O)N2CCN(C)CC2)c1.